The Kier molecular flexibility index (Phi) is 6.18. The SMILES string of the molecule is c1ccc(-c2nc3ccccc3nc2-c2ccc(-n3c4cc5c(cc4c4ccc6ccccc6c43)c3ccccc3n5-c3ccccn3)cc2)cc1. The van der Waals surface area contributed by atoms with Crippen molar-refractivity contribution >= 4 is 65.4 Å². The smallest absolute Gasteiger partial charge is 0.137 e. The lowest BCUT2D eigenvalue weighted by molar-refractivity contribution is 1.08. The van der Waals surface area contributed by atoms with Gasteiger partial charge >= 0.3 is 0 Å². The summed E-state index contributed by atoms with van der Waals surface area (Å²) < 4.78 is 4.72. The van der Waals surface area contributed by atoms with Crippen molar-refractivity contribution in [1.29, 1.82) is 0 Å². The van der Waals surface area contributed by atoms with Crippen LogP contribution in [0.4, 0.5) is 0 Å². The molecule has 7 aromatic carbocycles. The van der Waals surface area contributed by atoms with E-state index in [0.717, 1.165) is 61.6 Å². The summed E-state index contributed by atoms with van der Waals surface area (Å²) in [7, 11) is 0. The van der Waals surface area contributed by atoms with Gasteiger partial charge in [0.2, 0.25) is 0 Å². The third kappa shape index (κ3) is 4.26. The Morgan fingerprint density at radius 2 is 1.02 bits per heavy atom. The van der Waals surface area contributed by atoms with Gasteiger partial charge in [-0.05, 0) is 60.0 Å². The van der Waals surface area contributed by atoms with E-state index in [1.54, 1.807) is 0 Å². The second-order valence-electron chi connectivity index (χ2n) is 13.3. The van der Waals surface area contributed by atoms with Crippen molar-refractivity contribution in [2.75, 3.05) is 0 Å². The lowest BCUT2D eigenvalue weighted by Gasteiger charge is -2.13. The zero-order chi connectivity index (χ0) is 34.2. The van der Waals surface area contributed by atoms with Crippen molar-refractivity contribution in [2.24, 2.45) is 0 Å². The van der Waals surface area contributed by atoms with Crippen LogP contribution >= 0.6 is 0 Å². The largest absolute Gasteiger partial charge is 0.309 e. The van der Waals surface area contributed by atoms with E-state index in [1.165, 1.54) is 37.8 Å². The molecule has 0 saturated carbocycles. The molecule has 11 rings (SSSR count). The number of para-hydroxylation sites is 3. The number of hydrogen-bond acceptors (Lipinski definition) is 3. The molecule has 0 amide bonds. The van der Waals surface area contributed by atoms with Gasteiger partial charge in [-0.2, -0.15) is 0 Å². The van der Waals surface area contributed by atoms with Crippen molar-refractivity contribution in [3.8, 4) is 34.0 Å². The number of nitrogens with zero attached hydrogens (tertiary/aromatic N) is 5. The van der Waals surface area contributed by atoms with Gasteiger partial charge in [0.15, 0.2) is 0 Å². The summed E-state index contributed by atoms with van der Waals surface area (Å²) in [6.07, 6.45) is 1.86. The number of rotatable bonds is 4. The van der Waals surface area contributed by atoms with E-state index >= 15 is 0 Å². The van der Waals surface area contributed by atoms with Crippen LogP contribution in [-0.4, -0.2) is 24.1 Å². The molecule has 4 heterocycles. The maximum absolute atomic E-state index is 5.17. The van der Waals surface area contributed by atoms with Crippen molar-refractivity contribution in [3.05, 3.63) is 176 Å². The molecular weight excluding hydrogens is 635 g/mol. The standard InChI is InChI=1S/C47H29N5/c1-2-13-31(14-3-1)45-46(50-40-18-8-7-17-39(40)49-45)32-21-24-33(25-22-32)51-42-29-43-37(28-38(42)36-26-23-30-12-4-5-15-34(30)47(36)51)35-16-6-9-19-41(35)52(43)44-20-10-11-27-48-44/h1-29H. The summed E-state index contributed by atoms with van der Waals surface area (Å²) in [6.45, 7) is 0. The van der Waals surface area contributed by atoms with Crippen LogP contribution in [0.2, 0.25) is 0 Å². The summed E-state index contributed by atoms with van der Waals surface area (Å²) in [5.74, 6) is 0.899. The Morgan fingerprint density at radius 3 is 1.79 bits per heavy atom. The van der Waals surface area contributed by atoms with E-state index in [4.69, 9.17) is 15.0 Å². The van der Waals surface area contributed by atoms with Crippen LogP contribution in [0.3, 0.4) is 0 Å². The van der Waals surface area contributed by atoms with E-state index in [9.17, 15) is 0 Å². The predicted octanol–water partition coefficient (Wildman–Crippen LogP) is 11.7. The van der Waals surface area contributed by atoms with E-state index in [1.807, 2.05) is 42.6 Å². The fraction of sp³-hybridized carbons (Fsp3) is 0. The molecule has 0 bridgehead atoms. The van der Waals surface area contributed by atoms with Crippen LogP contribution in [0.25, 0.3) is 99.4 Å². The molecule has 5 nitrogen and oxygen atoms in total. The molecule has 0 aliphatic carbocycles. The predicted molar refractivity (Wildman–Crippen MR) is 214 cm³/mol. The minimum atomic E-state index is 0.866. The summed E-state index contributed by atoms with van der Waals surface area (Å²) in [4.78, 5) is 15.1. The zero-order valence-corrected chi connectivity index (χ0v) is 28.0. The minimum absolute atomic E-state index is 0.866. The third-order valence-corrected chi connectivity index (χ3v) is 10.3. The molecule has 0 aliphatic heterocycles. The first-order chi connectivity index (χ1) is 25.8. The molecule has 0 N–H and O–H groups in total. The van der Waals surface area contributed by atoms with Gasteiger partial charge in [0.05, 0.1) is 44.5 Å². The van der Waals surface area contributed by atoms with Crippen LogP contribution in [-0.2, 0) is 0 Å². The van der Waals surface area contributed by atoms with Crippen LogP contribution in [0.5, 0.6) is 0 Å². The number of aromatic nitrogens is 5. The van der Waals surface area contributed by atoms with Gasteiger partial charge < -0.3 is 4.57 Å². The average Bonchev–Trinajstić information content (AvgIpc) is 3.72. The Balaban J connectivity index is 1.19. The number of fused-ring (bicyclic) bond motifs is 9. The highest BCUT2D eigenvalue weighted by molar-refractivity contribution is 6.23. The van der Waals surface area contributed by atoms with E-state index < -0.39 is 0 Å². The van der Waals surface area contributed by atoms with E-state index in [2.05, 4.69) is 143 Å². The Labute approximate surface area is 298 Å². The molecule has 0 saturated heterocycles. The topological polar surface area (TPSA) is 48.5 Å². The summed E-state index contributed by atoms with van der Waals surface area (Å²) in [5, 5.41) is 7.28. The normalized spacial score (nSPS) is 11.8. The van der Waals surface area contributed by atoms with E-state index in [0.29, 0.717) is 0 Å². The molecule has 0 unspecified atom stereocenters. The summed E-state index contributed by atoms with van der Waals surface area (Å²) in [6, 6.07) is 59.9. The van der Waals surface area contributed by atoms with Crippen molar-refractivity contribution in [3.63, 3.8) is 0 Å². The van der Waals surface area contributed by atoms with Crippen LogP contribution in [0, 0.1) is 0 Å². The molecule has 242 valence electrons. The molecular formula is C47H29N5. The molecule has 11 aromatic rings. The van der Waals surface area contributed by atoms with Gasteiger partial charge in [-0.1, -0.05) is 115 Å². The first kappa shape index (κ1) is 28.7. The second-order valence-corrected chi connectivity index (χ2v) is 13.3. The molecule has 0 fully saturated rings. The van der Waals surface area contributed by atoms with Gasteiger partial charge in [-0.15, -0.1) is 0 Å². The molecule has 0 spiro atoms. The van der Waals surface area contributed by atoms with Gasteiger partial charge in [-0.25, -0.2) is 15.0 Å². The Morgan fingerprint density at radius 1 is 0.385 bits per heavy atom. The van der Waals surface area contributed by atoms with Gasteiger partial charge in [-0.3, -0.25) is 4.57 Å². The third-order valence-electron chi connectivity index (χ3n) is 10.3. The van der Waals surface area contributed by atoms with Crippen LogP contribution < -0.4 is 0 Å². The molecule has 0 aliphatic rings. The fourth-order valence-electron chi connectivity index (χ4n) is 8.01. The number of pyridine rings is 1. The van der Waals surface area contributed by atoms with Crippen LogP contribution in [0.1, 0.15) is 0 Å². The Bertz CT molecular complexity index is 3160. The van der Waals surface area contributed by atoms with Crippen molar-refractivity contribution < 1.29 is 0 Å². The molecule has 0 atom stereocenters. The fourth-order valence-corrected chi connectivity index (χ4v) is 8.01. The zero-order valence-electron chi connectivity index (χ0n) is 28.0. The second kappa shape index (κ2) is 11.2. The highest BCUT2D eigenvalue weighted by atomic mass is 15.1. The first-order valence-corrected chi connectivity index (χ1v) is 17.5. The summed E-state index contributed by atoms with van der Waals surface area (Å²) >= 11 is 0. The monoisotopic (exact) mass is 663 g/mol. The maximum atomic E-state index is 5.17. The minimum Gasteiger partial charge on any atom is -0.309 e. The average molecular weight is 664 g/mol. The van der Waals surface area contributed by atoms with Gasteiger partial charge in [0.25, 0.3) is 0 Å². The van der Waals surface area contributed by atoms with Crippen molar-refractivity contribution in [2.45, 2.75) is 0 Å². The lowest BCUT2D eigenvalue weighted by Crippen LogP contribution is -1.98. The lowest BCUT2D eigenvalue weighted by atomic mass is 10.0. The highest BCUT2D eigenvalue weighted by Gasteiger charge is 2.21. The molecule has 4 aromatic heterocycles. The van der Waals surface area contributed by atoms with Gasteiger partial charge in [0.1, 0.15) is 5.82 Å². The Hall–Kier alpha value is -7.11. The molecule has 0 radical (unpaired) electrons. The molecule has 52 heavy (non-hydrogen) atoms. The quantitative estimate of drug-likeness (QED) is 0.188. The highest BCUT2D eigenvalue weighted by Crippen LogP contribution is 2.42. The van der Waals surface area contributed by atoms with E-state index in [-0.39, 0.29) is 0 Å². The summed E-state index contributed by atoms with van der Waals surface area (Å²) in [5.41, 5.74) is 11.2. The van der Waals surface area contributed by atoms with Gasteiger partial charge in [0, 0.05) is 49.9 Å². The number of hydrogen-bond donors (Lipinski definition) is 0. The maximum Gasteiger partial charge on any atom is 0.137 e. The van der Waals surface area contributed by atoms with Crippen LogP contribution in [0.15, 0.2) is 176 Å². The van der Waals surface area contributed by atoms with Crippen molar-refractivity contribution in [1.82, 2.24) is 24.1 Å². The number of benzene rings is 7. The molecule has 5 heteroatoms. The first-order valence-electron chi connectivity index (χ1n) is 17.5.